The zero-order chi connectivity index (χ0) is 14.5. The number of nitrogens with zero attached hydrogens (tertiary/aromatic N) is 3. The van der Waals surface area contributed by atoms with Crippen LogP contribution < -0.4 is 10.2 Å². The lowest BCUT2D eigenvalue weighted by Gasteiger charge is -2.37. The average molecular weight is 278 g/mol. The van der Waals surface area contributed by atoms with Crippen LogP contribution in [-0.4, -0.2) is 42.8 Å². The van der Waals surface area contributed by atoms with Crippen molar-refractivity contribution in [3.05, 3.63) is 11.9 Å². The van der Waals surface area contributed by atoms with E-state index in [-0.39, 0.29) is 6.10 Å². The van der Waals surface area contributed by atoms with Gasteiger partial charge in [0.15, 0.2) is 0 Å². The Hall–Kier alpha value is -1.36. The first-order chi connectivity index (χ1) is 9.67. The van der Waals surface area contributed by atoms with Crippen LogP contribution in [0, 0.1) is 5.92 Å². The Kier molecular flexibility index (Phi) is 5.17. The zero-order valence-electron chi connectivity index (χ0n) is 13.0. The third kappa shape index (κ3) is 3.39. The van der Waals surface area contributed by atoms with Gasteiger partial charge in [0, 0.05) is 39.2 Å². The molecule has 0 aliphatic carbocycles. The molecule has 0 radical (unpaired) electrons. The summed E-state index contributed by atoms with van der Waals surface area (Å²) in [6.07, 6.45) is 2.27. The molecule has 1 saturated heterocycles. The van der Waals surface area contributed by atoms with Gasteiger partial charge in [0.25, 0.3) is 0 Å². The molecule has 1 aliphatic rings. The monoisotopic (exact) mass is 278 g/mol. The maximum absolute atomic E-state index is 5.59. The number of hydrogen-bond acceptors (Lipinski definition) is 5. The third-order valence-corrected chi connectivity index (χ3v) is 3.95. The van der Waals surface area contributed by atoms with Gasteiger partial charge in [-0.1, -0.05) is 13.8 Å². The first-order valence-electron chi connectivity index (χ1n) is 7.57. The summed E-state index contributed by atoms with van der Waals surface area (Å²) in [4.78, 5) is 11.5. The van der Waals surface area contributed by atoms with Crippen LogP contribution in [0.15, 0.2) is 6.07 Å². The minimum absolute atomic E-state index is 0.284. The Balaban J connectivity index is 2.20. The fourth-order valence-corrected chi connectivity index (χ4v) is 2.62. The molecule has 0 bridgehead atoms. The van der Waals surface area contributed by atoms with Crippen LogP contribution >= 0.6 is 0 Å². The predicted molar refractivity (Wildman–Crippen MR) is 82.4 cm³/mol. The van der Waals surface area contributed by atoms with Crippen molar-refractivity contribution < 1.29 is 4.74 Å². The highest BCUT2D eigenvalue weighted by Gasteiger charge is 2.27. The Bertz CT molecular complexity index is 438. The molecule has 1 aromatic heterocycles. The average Bonchev–Trinajstić information content (AvgIpc) is 2.47. The molecule has 1 fully saturated rings. The first-order valence-corrected chi connectivity index (χ1v) is 7.57. The standard InChI is InChI=1S/C15H26N4O/c1-5-13-17-14(16-6-2)9-15(18-13)19-8-7-11(3)12(10-19)20-4/h9,11-12H,5-8,10H2,1-4H3,(H,16,17,18). The second-order valence-electron chi connectivity index (χ2n) is 5.40. The van der Waals surface area contributed by atoms with Crippen LogP contribution in [0.4, 0.5) is 11.6 Å². The van der Waals surface area contributed by atoms with Gasteiger partial charge >= 0.3 is 0 Å². The molecule has 0 aromatic carbocycles. The van der Waals surface area contributed by atoms with E-state index in [4.69, 9.17) is 4.74 Å². The molecule has 2 rings (SSSR count). The molecule has 20 heavy (non-hydrogen) atoms. The second kappa shape index (κ2) is 6.88. The number of ether oxygens (including phenoxy) is 1. The van der Waals surface area contributed by atoms with Gasteiger partial charge < -0.3 is 15.0 Å². The molecular weight excluding hydrogens is 252 g/mol. The smallest absolute Gasteiger partial charge is 0.134 e. The van der Waals surface area contributed by atoms with E-state index in [2.05, 4.69) is 41.0 Å². The number of rotatable bonds is 5. The molecule has 1 N–H and O–H groups in total. The Morgan fingerprint density at radius 3 is 2.85 bits per heavy atom. The van der Waals surface area contributed by atoms with Crippen molar-refractivity contribution in [3.8, 4) is 0 Å². The SMILES string of the molecule is CCNc1cc(N2CCC(C)C(OC)C2)nc(CC)n1. The lowest BCUT2D eigenvalue weighted by molar-refractivity contribution is 0.0496. The van der Waals surface area contributed by atoms with Gasteiger partial charge in [0.05, 0.1) is 6.10 Å². The first kappa shape index (κ1) is 15.0. The zero-order valence-corrected chi connectivity index (χ0v) is 13.0. The maximum atomic E-state index is 5.59. The van der Waals surface area contributed by atoms with Crippen molar-refractivity contribution in [2.45, 2.75) is 39.7 Å². The van der Waals surface area contributed by atoms with Crippen molar-refractivity contribution in [1.82, 2.24) is 9.97 Å². The van der Waals surface area contributed by atoms with Crippen LogP contribution in [0.1, 0.15) is 33.0 Å². The van der Waals surface area contributed by atoms with Crippen molar-refractivity contribution in [1.29, 1.82) is 0 Å². The Morgan fingerprint density at radius 1 is 1.40 bits per heavy atom. The van der Waals surface area contributed by atoms with E-state index in [1.54, 1.807) is 7.11 Å². The van der Waals surface area contributed by atoms with Crippen molar-refractivity contribution in [3.63, 3.8) is 0 Å². The highest BCUT2D eigenvalue weighted by atomic mass is 16.5. The van der Waals surface area contributed by atoms with E-state index >= 15 is 0 Å². The number of aryl methyl sites for hydroxylation is 1. The van der Waals surface area contributed by atoms with Crippen LogP contribution in [0.2, 0.25) is 0 Å². The van der Waals surface area contributed by atoms with E-state index in [1.807, 2.05) is 6.07 Å². The number of aromatic nitrogens is 2. The van der Waals surface area contributed by atoms with Gasteiger partial charge in [-0.25, -0.2) is 9.97 Å². The summed E-state index contributed by atoms with van der Waals surface area (Å²) in [5.74, 6) is 3.44. The Morgan fingerprint density at radius 2 is 2.20 bits per heavy atom. The van der Waals surface area contributed by atoms with Gasteiger partial charge in [-0.15, -0.1) is 0 Å². The molecule has 112 valence electrons. The molecule has 0 amide bonds. The van der Waals surface area contributed by atoms with E-state index in [0.29, 0.717) is 5.92 Å². The summed E-state index contributed by atoms with van der Waals surface area (Å²) in [5.41, 5.74) is 0. The molecule has 5 heteroatoms. The molecular formula is C15H26N4O. The van der Waals surface area contributed by atoms with E-state index < -0.39 is 0 Å². The van der Waals surface area contributed by atoms with E-state index in [0.717, 1.165) is 49.9 Å². The minimum atomic E-state index is 0.284. The highest BCUT2D eigenvalue weighted by Crippen LogP contribution is 2.25. The number of hydrogen-bond donors (Lipinski definition) is 1. The van der Waals surface area contributed by atoms with Crippen molar-refractivity contribution in [2.75, 3.05) is 37.0 Å². The fraction of sp³-hybridized carbons (Fsp3) is 0.733. The van der Waals surface area contributed by atoms with Gasteiger partial charge in [-0.3, -0.25) is 0 Å². The van der Waals surface area contributed by atoms with Crippen LogP contribution in [0.3, 0.4) is 0 Å². The topological polar surface area (TPSA) is 50.3 Å². The van der Waals surface area contributed by atoms with Crippen molar-refractivity contribution >= 4 is 11.6 Å². The van der Waals surface area contributed by atoms with Gasteiger partial charge in [0.2, 0.25) is 0 Å². The maximum Gasteiger partial charge on any atom is 0.134 e. The summed E-state index contributed by atoms with van der Waals surface area (Å²) in [7, 11) is 1.80. The number of anilines is 2. The van der Waals surface area contributed by atoms with Crippen LogP contribution in [-0.2, 0) is 11.2 Å². The van der Waals surface area contributed by atoms with E-state index in [1.165, 1.54) is 0 Å². The largest absolute Gasteiger partial charge is 0.379 e. The highest BCUT2D eigenvalue weighted by molar-refractivity contribution is 5.50. The lowest BCUT2D eigenvalue weighted by Crippen LogP contribution is -2.44. The molecule has 2 unspecified atom stereocenters. The quantitative estimate of drug-likeness (QED) is 0.896. The van der Waals surface area contributed by atoms with Crippen LogP contribution in [0.5, 0.6) is 0 Å². The molecule has 1 aliphatic heterocycles. The number of methoxy groups -OCH3 is 1. The van der Waals surface area contributed by atoms with E-state index in [9.17, 15) is 0 Å². The van der Waals surface area contributed by atoms with Gasteiger partial charge in [-0.2, -0.15) is 0 Å². The number of piperidine rings is 1. The Labute approximate surface area is 121 Å². The third-order valence-electron chi connectivity index (χ3n) is 3.95. The summed E-state index contributed by atoms with van der Waals surface area (Å²) in [5, 5.41) is 3.29. The summed E-state index contributed by atoms with van der Waals surface area (Å²) in [6, 6.07) is 2.05. The second-order valence-corrected chi connectivity index (χ2v) is 5.40. The molecule has 5 nitrogen and oxygen atoms in total. The molecule has 0 spiro atoms. The number of nitrogens with one attached hydrogen (secondary N) is 1. The van der Waals surface area contributed by atoms with Gasteiger partial charge in [-0.05, 0) is 19.3 Å². The summed E-state index contributed by atoms with van der Waals surface area (Å²) < 4.78 is 5.59. The normalized spacial score (nSPS) is 22.9. The molecule has 2 atom stereocenters. The summed E-state index contributed by atoms with van der Waals surface area (Å²) >= 11 is 0. The fourth-order valence-electron chi connectivity index (χ4n) is 2.62. The van der Waals surface area contributed by atoms with Gasteiger partial charge in [0.1, 0.15) is 17.5 Å². The molecule has 2 heterocycles. The predicted octanol–water partition coefficient (Wildman–Crippen LogP) is 2.33. The van der Waals surface area contributed by atoms with Crippen molar-refractivity contribution in [2.24, 2.45) is 5.92 Å². The lowest BCUT2D eigenvalue weighted by atomic mass is 9.96. The molecule has 0 saturated carbocycles. The van der Waals surface area contributed by atoms with Crippen LogP contribution in [0.25, 0.3) is 0 Å². The molecule has 1 aromatic rings. The summed E-state index contributed by atoms with van der Waals surface area (Å²) in [6.45, 7) is 9.24. The minimum Gasteiger partial charge on any atom is -0.379 e.